The quantitative estimate of drug-likeness (QED) is 0.802. The van der Waals surface area contributed by atoms with Crippen LogP contribution in [0.15, 0.2) is 42.5 Å². The van der Waals surface area contributed by atoms with Gasteiger partial charge in [-0.2, -0.15) is 0 Å². The van der Waals surface area contributed by atoms with Gasteiger partial charge in [0, 0.05) is 18.7 Å². The lowest BCUT2D eigenvalue weighted by Gasteiger charge is -2.23. The summed E-state index contributed by atoms with van der Waals surface area (Å²) in [6, 6.07) is 13.6. The Morgan fingerprint density at radius 3 is 2.75 bits per heavy atom. The minimum Gasteiger partial charge on any atom is -0.495 e. The summed E-state index contributed by atoms with van der Waals surface area (Å²) >= 11 is 0. The van der Waals surface area contributed by atoms with Crippen LogP contribution in [0.25, 0.3) is 0 Å². The summed E-state index contributed by atoms with van der Waals surface area (Å²) in [7, 11) is 1.58. The van der Waals surface area contributed by atoms with Crippen molar-refractivity contribution in [2.24, 2.45) is 5.92 Å². The molecular formula is C23H28N2O3. The first-order valence-corrected chi connectivity index (χ1v) is 9.79. The molecule has 1 heterocycles. The highest BCUT2D eigenvalue weighted by Gasteiger charge is 2.36. The maximum Gasteiger partial charge on any atom is 0.229 e. The SMILES string of the molecule is CC[C@H](C)c1ccccc1N1C[C@H](C(=O)Nc2cc(C)ccc2OC)CC1=O. The zero-order valence-electron chi connectivity index (χ0n) is 17.0. The minimum atomic E-state index is -0.386. The number of amides is 2. The number of hydrogen-bond donors (Lipinski definition) is 1. The van der Waals surface area contributed by atoms with E-state index in [0.717, 1.165) is 23.2 Å². The monoisotopic (exact) mass is 380 g/mol. The van der Waals surface area contributed by atoms with Crippen LogP contribution >= 0.6 is 0 Å². The second-order valence-electron chi connectivity index (χ2n) is 7.47. The number of nitrogens with zero attached hydrogens (tertiary/aromatic N) is 1. The Kier molecular flexibility index (Phi) is 6.02. The van der Waals surface area contributed by atoms with Crippen LogP contribution in [-0.2, 0) is 9.59 Å². The lowest BCUT2D eigenvalue weighted by atomic mass is 9.96. The maximum atomic E-state index is 12.8. The standard InChI is InChI=1S/C23H28N2O3/c1-5-16(3)18-8-6-7-9-20(18)25-14-17(13-22(25)26)23(27)24-19-12-15(2)10-11-21(19)28-4/h6-12,16-17H,5,13-14H2,1-4H3,(H,24,27)/t16-,17+/m0/s1. The molecule has 0 aliphatic carbocycles. The van der Waals surface area contributed by atoms with E-state index in [9.17, 15) is 9.59 Å². The molecule has 2 atom stereocenters. The van der Waals surface area contributed by atoms with E-state index in [-0.39, 0.29) is 24.2 Å². The number of hydrogen-bond acceptors (Lipinski definition) is 3. The van der Waals surface area contributed by atoms with E-state index in [2.05, 4.69) is 25.2 Å². The summed E-state index contributed by atoms with van der Waals surface area (Å²) in [5.74, 6) is 0.422. The average molecular weight is 380 g/mol. The van der Waals surface area contributed by atoms with Crippen LogP contribution in [0.2, 0.25) is 0 Å². The maximum absolute atomic E-state index is 12.8. The van der Waals surface area contributed by atoms with Gasteiger partial charge < -0.3 is 15.0 Å². The Hall–Kier alpha value is -2.82. The molecule has 0 unspecified atom stereocenters. The smallest absolute Gasteiger partial charge is 0.229 e. The van der Waals surface area contributed by atoms with E-state index < -0.39 is 0 Å². The first-order valence-electron chi connectivity index (χ1n) is 9.79. The van der Waals surface area contributed by atoms with Crippen molar-refractivity contribution >= 4 is 23.2 Å². The van der Waals surface area contributed by atoms with Gasteiger partial charge in [0.1, 0.15) is 5.75 Å². The fourth-order valence-electron chi connectivity index (χ4n) is 3.64. The summed E-state index contributed by atoms with van der Waals surface area (Å²) in [4.78, 5) is 27.3. The number of carbonyl (C=O) groups excluding carboxylic acids is 2. The second-order valence-corrected chi connectivity index (χ2v) is 7.47. The molecule has 1 N–H and O–H groups in total. The van der Waals surface area contributed by atoms with Crippen LogP contribution in [-0.4, -0.2) is 25.5 Å². The highest BCUT2D eigenvalue weighted by atomic mass is 16.5. The summed E-state index contributed by atoms with van der Waals surface area (Å²) < 4.78 is 5.34. The molecule has 148 valence electrons. The van der Waals surface area contributed by atoms with Crippen molar-refractivity contribution < 1.29 is 14.3 Å². The first kappa shape index (κ1) is 19.9. The van der Waals surface area contributed by atoms with Crippen molar-refractivity contribution in [1.29, 1.82) is 0 Å². The molecule has 5 nitrogen and oxygen atoms in total. The highest BCUT2D eigenvalue weighted by molar-refractivity contribution is 6.04. The third-order valence-corrected chi connectivity index (χ3v) is 5.48. The summed E-state index contributed by atoms with van der Waals surface area (Å²) in [5.41, 5.74) is 3.74. The number of aryl methyl sites for hydroxylation is 1. The van der Waals surface area contributed by atoms with E-state index in [1.54, 1.807) is 12.0 Å². The van der Waals surface area contributed by atoms with E-state index in [4.69, 9.17) is 4.74 Å². The van der Waals surface area contributed by atoms with Crippen LogP contribution < -0.4 is 15.0 Å². The Bertz CT molecular complexity index is 878. The number of para-hydroxylation sites is 1. The number of carbonyl (C=O) groups is 2. The Balaban J connectivity index is 1.78. The van der Waals surface area contributed by atoms with Crippen molar-refractivity contribution in [1.82, 2.24) is 0 Å². The van der Waals surface area contributed by atoms with E-state index in [1.807, 2.05) is 43.3 Å². The molecule has 1 fully saturated rings. The van der Waals surface area contributed by atoms with Gasteiger partial charge in [0.2, 0.25) is 11.8 Å². The molecule has 1 aliphatic rings. The summed E-state index contributed by atoms with van der Waals surface area (Å²) in [6.07, 6.45) is 1.21. The van der Waals surface area contributed by atoms with Crippen LogP contribution in [0.1, 0.15) is 43.7 Å². The number of benzene rings is 2. The predicted molar refractivity (Wildman–Crippen MR) is 112 cm³/mol. The Labute approximate surface area is 166 Å². The summed E-state index contributed by atoms with van der Waals surface area (Å²) in [6.45, 7) is 6.65. The molecule has 0 aromatic heterocycles. The van der Waals surface area contributed by atoms with Gasteiger partial charge in [-0.25, -0.2) is 0 Å². The first-order chi connectivity index (χ1) is 13.4. The molecule has 3 rings (SSSR count). The minimum absolute atomic E-state index is 0.00731. The van der Waals surface area contributed by atoms with E-state index >= 15 is 0 Å². The zero-order chi connectivity index (χ0) is 20.3. The molecular weight excluding hydrogens is 352 g/mol. The highest BCUT2D eigenvalue weighted by Crippen LogP contribution is 2.34. The van der Waals surface area contributed by atoms with Crippen molar-refractivity contribution in [3.05, 3.63) is 53.6 Å². The largest absolute Gasteiger partial charge is 0.495 e. The molecule has 1 aliphatic heterocycles. The number of rotatable bonds is 6. The predicted octanol–water partition coefficient (Wildman–Crippen LogP) is 4.51. The van der Waals surface area contributed by atoms with E-state index in [0.29, 0.717) is 23.9 Å². The molecule has 1 saturated heterocycles. The van der Waals surface area contributed by atoms with Crippen molar-refractivity contribution in [2.45, 2.75) is 39.5 Å². The molecule has 2 amide bonds. The van der Waals surface area contributed by atoms with Gasteiger partial charge in [0.05, 0.1) is 18.7 Å². The topological polar surface area (TPSA) is 58.6 Å². The number of anilines is 2. The van der Waals surface area contributed by atoms with Crippen LogP contribution in [0.5, 0.6) is 5.75 Å². The van der Waals surface area contributed by atoms with E-state index in [1.165, 1.54) is 0 Å². The van der Waals surface area contributed by atoms with Crippen molar-refractivity contribution in [3.63, 3.8) is 0 Å². The van der Waals surface area contributed by atoms with Crippen molar-refractivity contribution in [2.75, 3.05) is 23.9 Å². The number of ether oxygens (including phenoxy) is 1. The van der Waals surface area contributed by atoms with Gasteiger partial charge in [-0.05, 0) is 48.6 Å². The van der Waals surface area contributed by atoms with Gasteiger partial charge in [-0.15, -0.1) is 0 Å². The van der Waals surface area contributed by atoms with Gasteiger partial charge in [0.25, 0.3) is 0 Å². The van der Waals surface area contributed by atoms with Crippen LogP contribution in [0.4, 0.5) is 11.4 Å². The molecule has 0 spiro atoms. The second kappa shape index (κ2) is 8.46. The van der Waals surface area contributed by atoms with Crippen molar-refractivity contribution in [3.8, 4) is 5.75 Å². The fraction of sp³-hybridized carbons (Fsp3) is 0.391. The molecule has 5 heteroatoms. The normalized spacial score (nSPS) is 17.5. The lowest BCUT2D eigenvalue weighted by Crippen LogP contribution is -2.29. The van der Waals surface area contributed by atoms with Crippen LogP contribution in [0.3, 0.4) is 0 Å². The molecule has 2 aromatic rings. The average Bonchev–Trinajstić information content (AvgIpc) is 3.09. The molecule has 28 heavy (non-hydrogen) atoms. The Morgan fingerprint density at radius 1 is 1.29 bits per heavy atom. The molecule has 0 radical (unpaired) electrons. The third-order valence-electron chi connectivity index (χ3n) is 5.48. The third kappa shape index (κ3) is 4.03. The number of nitrogens with one attached hydrogen (secondary N) is 1. The number of methoxy groups -OCH3 is 1. The zero-order valence-corrected chi connectivity index (χ0v) is 17.0. The van der Waals surface area contributed by atoms with Gasteiger partial charge in [-0.1, -0.05) is 38.1 Å². The van der Waals surface area contributed by atoms with Crippen LogP contribution in [0, 0.1) is 12.8 Å². The Morgan fingerprint density at radius 2 is 2.04 bits per heavy atom. The van der Waals surface area contributed by atoms with Gasteiger partial charge >= 0.3 is 0 Å². The molecule has 2 aromatic carbocycles. The fourth-order valence-corrected chi connectivity index (χ4v) is 3.64. The molecule has 0 bridgehead atoms. The molecule has 0 saturated carbocycles. The summed E-state index contributed by atoms with van der Waals surface area (Å²) in [5, 5.41) is 2.94. The van der Waals surface area contributed by atoms with Gasteiger partial charge in [0.15, 0.2) is 0 Å². The lowest BCUT2D eigenvalue weighted by molar-refractivity contribution is -0.122. The van der Waals surface area contributed by atoms with Gasteiger partial charge in [-0.3, -0.25) is 9.59 Å².